The van der Waals surface area contributed by atoms with Crippen LogP contribution in [-0.2, 0) is 25.5 Å². The molecule has 0 unspecified atom stereocenters. The third-order valence-corrected chi connectivity index (χ3v) is 13.5. The van der Waals surface area contributed by atoms with Crippen LogP contribution in [0, 0.1) is 12.1 Å². The number of fused-ring (bicyclic) bond motifs is 4. The molecule has 1 radical (unpaired) electrons. The van der Waals surface area contributed by atoms with Crippen LogP contribution >= 0.6 is 0 Å². The molecule has 9 rings (SSSR count). The Morgan fingerprint density at radius 3 is 2.13 bits per heavy atom. The number of imidazole rings is 1. The zero-order valence-electron chi connectivity index (χ0n) is 37.0. The van der Waals surface area contributed by atoms with Gasteiger partial charge in [0.25, 0.3) is 0 Å². The molecule has 0 saturated carbocycles. The van der Waals surface area contributed by atoms with Crippen LogP contribution in [0.25, 0.3) is 72.4 Å². The molecule has 0 atom stereocenters. The number of hydrogen-bond donors (Lipinski definition) is 0. The molecule has 6 heteroatoms. The third kappa shape index (κ3) is 8.72. The van der Waals surface area contributed by atoms with Gasteiger partial charge in [0, 0.05) is 37.3 Å². The Labute approximate surface area is 376 Å². The van der Waals surface area contributed by atoms with E-state index in [2.05, 4.69) is 200 Å². The predicted molar refractivity (Wildman–Crippen MR) is 256 cm³/mol. The second kappa shape index (κ2) is 17.5. The van der Waals surface area contributed by atoms with Crippen molar-refractivity contribution in [3.05, 3.63) is 168 Å². The van der Waals surface area contributed by atoms with Crippen LogP contribution in [0.3, 0.4) is 0 Å². The van der Waals surface area contributed by atoms with Crippen molar-refractivity contribution in [2.75, 3.05) is 0 Å². The molecule has 0 aliphatic carbocycles. The number of hydrogen-bond acceptors (Lipinski definition) is 3. The molecule has 3 heterocycles. The minimum atomic E-state index is -1.36. The van der Waals surface area contributed by atoms with E-state index in [1.165, 1.54) is 33.0 Å². The van der Waals surface area contributed by atoms with Gasteiger partial charge in [-0.05, 0) is 51.5 Å². The van der Waals surface area contributed by atoms with Crippen molar-refractivity contribution in [1.82, 2.24) is 14.5 Å². The molecule has 0 spiro atoms. The summed E-state index contributed by atoms with van der Waals surface area (Å²) in [5.74, 6) is 1.89. The normalized spacial score (nSPS) is 11.9. The van der Waals surface area contributed by atoms with Gasteiger partial charge in [0.1, 0.15) is 5.58 Å². The predicted octanol–water partition coefficient (Wildman–Crippen LogP) is 14.7. The summed E-state index contributed by atoms with van der Waals surface area (Å²) in [6.07, 6.45) is 2.11. The summed E-state index contributed by atoms with van der Waals surface area (Å²) in [5, 5.41) is 3.64. The topological polar surface area (TPSA) is 43.9 Å². The van der Waals surface area contributed by atoms with Gasteiger partial charge in [-0.3, -0.25) is 4.98 Å². The SMILES string of the molecule is CC(C)(C)c1cccc(-c2ccccc2)c1-n1c(-c2[c-]ccc3c2oc2ccccc23)nc2ccccc21.CC(C)c1c[c-]c(-c2cc(C(C)C)c([Si](C)(C)C)cn2)cc1.[Ir]. The maximum atomic E-state index is 6.45. The summed E-state index contributed by atoms with van der Waals surface area (Å²) >= 11 is 0. The van der Waals surface area contributed by atoms with Crippen LogP contribution in [-0.4, -0.2) is 22.6 Å². The Morgan fingerprint density at radius 1 is 0.721 bits per heavy atom. The second-order valence-corrected chi connectivity index (χ2v) is 23.6. The van der Waals surface area contributed by atoms with E-state index in [1.54, 1.807) is 0 Å². The standard InChI is InChI=1S/C35H27N2O.C20H28NSi.Ir/c1-35(2,3)28-19-12-16-24(23-13-5-4-6-14-23)32(28)37-30-21-9-8-20-29(30)36-34(37)27-18-11-17-26-25-15-7-10-22-31(25)38-33(26)27;1-14(2)16-8-10-17(11-9-16)19-12-18(15(3)4)20(13-21-19)22(5,6)7;/h4-17,19-22H,1-3H3;8-10,12-15H,1-7H3;/q2*-1;. The Morgan fingerprint density at radius 2 is 1.44 bits per heavy atom. The van der Waals surface area contributed by atoms with E-state index in [1.807, 2.05) is 24.3 Å². The van der Waals surface area contributed by atoms with Crippen LogP contribution in [0.4, 0.5) is 0 Å². The minimum absolute atomic E-state index is 0. The van der Waals surface area contributed by atoms with Crippen molar-refractivity contribution in [2.45, 2.75) is 85.4 Å². The molecule has 0 N–H and O–H groups in total. The van der Waals surface area contributed by atoms with E-state index >= 15 is 0 Å². The summed E-state index contributed by atoms with van der Waals surface area (Å²) in [5.41, 5.74) is 14.1. The molecular formula is C55H55IrN3OSi-2. The van der Waals surface area contributed by atoms with Gasteiger partial charge in [0.05, 0.1) is 36.2 Å². The molecule has 0 fully saturated rings. The molecule has 4 nitrogen and oxygen atoms in total. The summed E-state index contributed by atoms with van der Waals surface area (Å²) in [6.45, 7) is 22.9. The van der Waals surface area contributed by atoms with Crippen molar-refractivity contribution in [3.63, 3.8) is 0 Å². The van der Waals surface area contributed by atoms with Crippen LogP contribution in [0.1, 0.15) is 77.0 Å². The van der Waals surface area contributed by atoms with Gasteiger partial charge in [-0.2, -0.15) is 0 Å². The number of rotatable bonds is 7. The third-order valence-electron chi connectivity index (χ3n) is 11.4. The first-order chi connectivity index (χ1) is 28.7. The Hall–Kier alpha value is -5.39. The summed E-state index contributed by atoms with van der Waals surface area (Å²) < 4.78 is 8.77. The van der Waals surface area contributed by atoms with E-state index in [4.69, 9.17) is 14.4 Å². The summed E-state index contributed by atoms with van der Waals surface area (Å²) in [6, 6.07) is 53.5. The summed E-state index contributed by atoms with van der Waals surface area (Å²) in [7, 11) is -1.36. The fourth-order valence-electron chi connectivity index (χ4n) is 8.19. The van der Waals surface area contributed by atoms with Gasteiger partial charge in [-0.15, -0.1) is 53.6 Å². The molecule has 3 aromatic heterocycles. The molecule has 0 amide bonds. The van der Waals surface area contributed by atoms with Crippen molar-refractivity contribution >= 4 is 46.2 Å². The zero-order chi connectivity index (χ0) is 42.3. The monoisotopic (exact) mass is 994 g/mol. The molecule has 9 aromatic rings. The smallest absolute Gasteiger partial charge is 0.120 e. The van der Waals surface area contributed by atoms with Gasteiger partial charge in [0.15, 0.2) is 0 Å². The number of nitrogens with zero attached hydrogens (tertiary/aromatic N) is 3. The second-order valence-electron chi connectivity index (χ2n) is 18.5. The maximum Gasteiger partial charge on any atom is 0.120 e. The molecule has 0 aliphatic heterocycles. The van der Waals surface area contributed by atoms with E-state index in [0.29, 0.717) is 11.8 Å². The van der Waals surface area contributed by atoms with E-state index in [9.17, 15) is 0 Å². The average molecular weight is 994 g/mol. The van der Waals surface area contributed by atoms with E-state index < -0.39 is 8.07 Å². The van der Waals surface area contributed by atoms with Crippen LogP contribution < -0.4 is 5.19 Å². The van der Waals surface area contributed by atoms with Crippen molar-refractivity contribution < 1.29 is 24.5 Å². The molecule has 0 bridgehead atoms. The van der Waals surface area contributed by atoms with Crippen LogP contribution in [0.5, 0.6) is 0 Å². The van der Waals surface area contributed by atoms with E-state index in [-0.39, 0.29) is 25.5 Å². The van der Waals surface area contributed by atoms with Crippen LogP contribution in [0.2, 0.25) is 19.6 Å². The van der Waals surface area contributed by atoms with Crippen molar-refractivity contribution in [3.8, 4) is 39.5 Å². The Balaban J connectivity index is 0.000000210. The van der Waals surface area contributed by atoms with Gasteiger partial charge in [-0.1, -0.05) is 175 Å². The molecule has 6 aromatic carbocycles. The first kappa shape index (κ1) is 43.7. The molecule has 311 valence electrons. The van der Waals surface area contributed by atoms with Crippen molar-refractivity contribution in [1.29, 1.82) is 0 Å². The summed E-state index contributed by atoms with van der Waals surface area (Å²) in [4.78, 5) is 9.95. The zero-order valence-corrected chi connectivity index (χ0v) is 40.4. The number of benzene rings is 6. The van der Waals surface area contributed by atoms with Gasteiger partial charge >= 0.3 is 0 Å². The van der Waals surface area contributed by atoms with E-state index in [0.717, 1.165) is 61.3 Å². The van der Waals surface area contributed by atoms with Crippen LogP contribution in [0.15, 0.2) is 144 Å². The molecular weight excluding hydrogens is 939 g/mol. The average Bonchev–Trinajstić information content (AvgIpc) is 3.82. The van der Waals surface area contributed by atoms with Gasteiger partial charge in [0.2, 0.25) is 0 Å². The Kier molecular flexibility index (Phi) is 12.6. The molecule has 0 saturated heterocycles. The maximum absolute atomic E-state index is 6.45. The first-order valence-electron chi connectivity index (χ1n) is 21.2. The number of pyridine rings is 1. The first-order valence-corrected chi connectivity index (χ1v) is 24.7. The minimum Gasteiger partial charge on any atom is -0.501 e. The van der Waals surface area contributed by atoms with Gasteiger partial charge < -0.3 is 14.0 Å². The fourth-order valence-corrected chi connectivity index (χ4v) is 9.87. The van der Waals surface area contributed by atoms with Gasteiger partial charge in [-0.25, -0.2) is 0 Å². The Bertz CT molecular complexity index is 2950. The molecule has 61 heavy (non-hydrogen) atoms. The van der Waals surface area contributed by atoms with Crippen molar-refractivity contribution in [2.24, 2.45) is 0 Å². The number of para-hydroxylation sites is 4. The largest absolute Gasteiger partial charge is 0.501 e. The fraction of sp³-hybridized carbons (Fsp3) is 0.236. The number of furan rings is 1. The quantitative estimate of drug-likeness (QED) is 0.118. The number of aromatic nitrogens is 3. The molecule has 0 aliphatic rings.